The molecule has 13 heteroatoms. The van der Waals surface area contributed by atoms with Crippen LogP contribution in [-0.2, 0) is 16.1 Å². The Balaban J connectivity index is 1.89. The molecule has 0 aliphatic carbocycles. The number of aryl methyl sites for hydroxylation is 2. The summed E-state index contributed by atoms with van der Waals surface area (Å²) in [5.41, 5.74) is 0.119. The topological polar surface area (TPSA) is 81.9 Å². The summed E-state index contributed by atoms with van der Waals surface area (Å²) in [6, 6.07) is 1.56. The number of halogens is 6. The van der Waals surface area contributed by atoms with Gasteiger partial charge in [0.1, 0.15) is 24.2 Å². The van der Waals surface area contributed by atoms with Crippen molar-refractivity contribution in [3.05, 3.63) is 64.4 Å². The molecule has 0 aliphatic heterocycles. The van der Waals surface area contributed by atoms with Gasteiger partial charge in [0.05, 0.1) is 18.4 Å². The van der Waals surface area contributed by atoms with E-state index in [-0.39, 0.29) is 29.2 Å². The molecule has 37 heavy (non-hydrogen) atoms. The Morgan fingerprint density at radius 1 is 1.14 bits per heavy atom. The lowest BCUT2D eigenvalue weighted by Crippen LogP contribution is -2.42. The molecule has 2 aromatic heterocycles. The fraction of sp³-hybridized carbons (Fsp3) is 0.375. The second kappa shape index (κ2) is 11.1. The molecule has 0 fully saturated rings. The second-order valence-electron chi connectivity index (χ2n) is 8.29. The third kappa shape index (κ3) is 6.52. The predicted octanol–water partition coefficient (Wildman–Crippen LogP) is 4.95. The van der Waals surface area contributed by atoms with Gasteiger partial charge in [0.2, 0.25) is 0 Å². The van der Waals surface area contributed by atoms with Crippen molar-refractivity contribution in [2.24, 2.45) is 0 Å². The van der Waals surface area contributed by atoms with Crippen LogP contribution in [0, 0.1) is 31.3 Å². The van der Waals surface area contributed by atoms with Crippen LogP contribution >= 0.6 is 0 Å². The van der Waals surface area contributed by atoms with E-state index >= 15 is 0 Å². The van der Waals surface area contributed by atoms with E-state index in [9.17, 15) is 35.9 Å². The highest BCUT2D eigenvalue weighted by molar-refractivity contribution is 5.97. The van der Waals surface area contributed by atoms with Gasteiger partial charge < -0.3 is 14.8 Å². The Morgan fingerprint density at radius 2 is 1.81 bits per heavy atom. The van der Waals surface area contributed by atoms with Crippen LogP contribution in [-0.4, -0.2) is 40.6 Å². The number of rotatable bonds is 9. The number of nitrogens with zero attached hydrogens (tertiary/aromatic N) is 2. The van der Waals surface area contributed by atoms with Crippen LogP contribution in [0.4, 0.5) is 26.3 Å². The molecule has 0 spiro atoms. The monoisotopic (exact) mass is 531 g/mol. The highest BCUT2D eigenvalue weighted by Gasteiger charge is 2.30. The number of hydrogen-bond donors (Lipinski definition) is 1. The molecule has 1 N–H and O–H groups in total. The number of hydrogen-bond acceptors (Lipinski definition) is 5. The van der Waals surface area contributed by atoms with Crippen LogP contribution in [0.25, 0.3) is 5.65 Å². The van der Waals surface area contributed by atoms with Crippen molar-refractivity contribution in [3.63, 3.8) is 0 Å². The van der Waals surface area contributed by atoms with Gasteiger partial charge in [-0.05, 0) is 50.5 Å². The summed E-state index contributed by atoms with van der Waals surface area (Å²) in [7, 11) is 1.04. The zero-order valence-electron chi connectivity index (χ0n) is 20.0. The number of aromatic nitrogens is 2. The second-order valence-corrected chi connectivity index (χ2v) is 8.29. The van der Waals surface area contributed by atoms with E-state index in [0.29, 0.717) is 11.6 Å². The molecule has 0 saturated carbocycles. The zero-order chi connectivity index (χ0) is 27.5. The van der Waals surface area contributed by atoms with E-state index in [2.05, 4.69) is 15.0 Å². The van der Waals surface area contributed by atoms with E-state index in [1.165, 1.54) is 23.6 Å². The number of carbonyl (C=O) groups is 2. The lowest BCUT2D eigenvalue weighted by Gasteiger charge is -2.17. The summed E-state index contributed by atoms with van der Waals surface area (Å²) in [6.45, 7) is 2.44. The molecule has 7 nitrogen and oxygen atoms in total. The molecular formula is C24H23F6N3O4. The van der Waals surface area contributed by atoms with Crippen molar-refractivity contribution in [2.75, 3.05) is 7.11 Å². The third-order valence-corrected chi connectivity index (χ3v) is 5.47. The van der Waals surface area contributed by atoms with E-state index in [1.807, 2.05) is 0 Å². The summed E-state index contributed by atoms with van der Waals surface area (Å²) < 4.78 is 90.6. The Morgan fingerprint density at radius 3 is 2.46 bits per heavy atom. The van der Waals surface area contributed by atoms with Crippen molar-refractivity contribution in [1.29, 1.82) is 0 Å². The minimum absolute atomic E-state index is 0.0277. The van der Waals surface area contributed by atoms with E-state index in [4.69, 9.17) is 4.74 Å². The van der Waals surface area contributed by atoms with Gasteiger partial charge in [-0.15, -0.1) is 0 Å². The first-order chi connectivity index (χ1) is 17.3. The van der Waals surface area contributed by atoms with Crippen molar-refractivity contribution < 1.29 is 45.4 Å². The first-order valence-electron chi connectivity index (χ1n) is 11.0. The minimum atomic E-state index is -4.42. The number of imidazole rings is 1. The fourth-order valence-electron chi connectivity index (χ4n) is 3.71. The summed E-state index contributed by atoms with van der Waals surface area (Å²) in [4.78, 5) is 29.4. The summed E-state index contributed by atoms with van der Waals surface area (Å²) in [5, 5.41) is 2.38. The van der Waals surface area contributed by atoms with Gasteiger partial charge in [0.15, 0.2) is 23.0 Å². The van der Waals surface area contributed by atoms with Crippen LogP contribution in [0.3, 0.4) is 0 Å². The molecule has 1 unspecified atom stereocenters. The van der Waals surface area contributed by atoms with Gasteiger partial charge in [0, 0.05) is 12.6 Å². The maximum atomic E-state index is 14.0. The number of fused-ring (bicyclic) bond motifs is 1. The average Bonchev–Trinajstić information content (AvgIpc) is 3.15. The van der Waals surface area contributed by atoms with Crippen molar-refractivity contribution >= 4 is 17.5 Å². The molecule has 0 radical (unpaired) electrons. The van der Waals surface area contributed by atoms with Crippen molar-refractivity contribution in [1.82, 2.24) is 14.7 Å². The Bertz CT molecular complexity index is 1320. The normalized spacial score (nSPS) is 12.5. The fourth-order valence-corrected chi connectivity index (χ4v) is 3.71. The molecule has 1 amide bonds. The first kappa shape index (κ1) is 27.8. The molecule has 0 aliphatic rings. The van der Waals surface area contributed by atoms with Crippen LogP contribution in [0.15, 0.2) is 24.4 Å². The largest absolute Gasteiger partial charge is 0.485 e. The zero-order valence-corrected chi connectivity index (χ0v) is 20.0. The van der Waals surface area contributed by atoms with Crippen LogP contribution < -0.4 is 10.1 Å². The molecule has 3 aromatic rings. The standard InChI is InChI=1S/C24H23F6N3O4/c1-12-9-18(37-11-14-15(25)6-7-16(26)19(14)27)21-31-13(2)20(33(21)10-12)22(34)32-17(23(35)36-3)5-4-8-24(28,29)30/h6-7,9-10,17H,4-5,8,11H2,1-3H3,(H,32,34). The molecule has 1 aromatic carbocycles. The maximum Gasteiger partial charge on any atom is 0.389 e. The number of esters is 1. The van der Waals surface area contributed by atoms with E-state index < -0.39 is 66.6 Å². The van der Waals surface area contributed by atoms with Gasteiger partial charge >= 0.3 is 12.1 Å². The summed E-state index contributed by atoms with van der Waals surface area (Å²) in [6.07, 6.45) is -4.78. The number of alkyl halides is 3. The Kier molecular flexibility index (Phi) is 8.34. The number of ether oxygens (including phenoxy) is 2. The quantitative estimate of drug-likeness (QED) is 0.240. The minimum Gasteiger partial charge on any atom is -0.485 e. The average molecular weight is 531 g/mol. The van der Waals surface area contributed by atoms with Crippen LogP contribution in [0.1, 0.15) is 46.6 Å². The molecule has 200 valence electrons. The number of benzene rings is 1. The number of carbonyl (C=O) groups excluding carboxylic acids is 2. The van der Waals surface area contributed by atoms with Gasteiger partial charge in [-0.25, -0.2) is 22.9 Å². The van der Waals surface area contributed by atoms with Crippen molar-refractivity contribution in [2.45, 2.75) is 51.9 Å². The molecule has 3 rings (SSSR count). The summed E-state index contributed by atoms with van der Waals surface area (Å²) >= 11 is 0. The number of methoxy groups -OCH3 is 1. The SMILES string of the molecule is COC(=O)C(CCCC(F)(F)F)NC(=O)c1c(C)nc2c(OCc3c(F)ccc(F)c3F)cc(C)cn12. The van der Waals surface area contributed by atoms with E-state index in [0.717, 1.165) is 13.2 Å². The predicted molar refractivity (Wildman–Crippen MR) is 118 cm³/mol. The Hall–Kier alpha value is -3.77. The van der Waals surface area contributed by atoms with Crippen LogP contribution in [0.2, 0.25) is 0 Å². The van der Waals surface area contributed by atoms with Crippen molar-refractivity contribution in [3.8, 4) is 5.75 Å². The van der Waals surface area contributed by atoms with E-state index in [1.54, 1.807) is 6.92 Å². The molecular weight excluding hydrogens is 508 g/mol. The van der Waals surface area contributed by atoms with Gasteiger partial charge in [-0.2, -0.15) is 13.2 Å². The number of amides is 1. The lowest BCUT2D eigenvalue weighted by molar-refractivity contribution is -0.145. The first-order valence-corrected chi connectivity index (χ1v) is 11.0. The Labute approximate surface area is 207 Å². The molecule has 0 bridgehead atoms. The molecule has 2 heterocycles. The smallest absolute Gasteiger partial charge is 0.389 e. The van der Waals surface area contributed by atoms with Gasteiger partial charge in [-0.1, -0.05) is 0 Å². The molecule has 1 atom stereocenters. The molecule has 0 saturated heterocycles. The number of pyridine rings is 1. The number of nitrogens with one attached hydrogen (secondary N) is 1. The summed E-state index contributed by atoms with van der Waals surface area (Å²) in [5.74, 6) is -5.36. The van der Waals surface area contributed by atoms with Gasteiger partial charge in [-0.3, -0.25) is 9.20 Å². The van der Waals surface area contributed by atoms with Gasteiger partial charge in [0.25, 0.3) is 5.91 Å². The maximum absolute atomic E-state index is 14.0. The third-order valence-electron chi connectivity index (χ3n) is 5.47. The highest BCUT2D eigenvalue weighted by Crippen LogP contribution is 2.27. The highest BCUT2D eigenvalue weighted by atomic mass is 19.4. The van der Waals surface area contributed by atoms with Crippen LogP contribution in [0.5, 0.6) is 5.75 Å². The lowest BCUT2D eigenvalue weighted by atomic mass is 10.1.